The van der Waals surface area contributed by atoms with Crippen LogP contribution >= 0.6 is 0 Å². The first kappa shape index (κ1) is 70.6. The highest BCUT2D eigenvalue weighted by atomic mass is 16.6. The number of hydrogen-bond acceptors (Lipinski definition) is 6. The number of esters is 3. The summed E-state index contributed by atoms with van der Waals surface area (Å²) >= 11 is 0. The Hall–Kier alpha value is -3.41. The molecule has 0 aliphatic heterocycles. The summed E-state index contributed by atoms with van der Waals surface area (Å²) in [4.78, 5) is 38.2. The van der Waals surface area contributed by atoms with E-state index in [9.17, 15) is 14.4 Å². The lowest BCUT2D eigenvalue weighted by molar-refractivity contribution is -0.167. The molecule has 0 rings (SSSR count). The minimum Gasteiger partial charge on any atom is -0.462 e. The van der Waals surface area contributed by atoms with Gasteiger partial charge in [-0.3, -0.25) is 14.4 Å². The van der Waals surface area contributed by atoms with Gasteiger partial charge in [0.25, 0.3) is 0 Å². The van der Waals surface area contributed by atoms with Crippen LogP contribution in [0.25, 0.3) is 0 Å². The topological polar surface area (TPSA) is 78.9 Å². The molecule has 74 heavy (non-hydrogen) atoms. The number of allylic oxidation sites excluding steroid dienone is 14. The summed E-state index contributed by atoms with van der Waals surface area (Å²) < 4.78 is 16.9. The normalized spacial score (nSPS) is 12.6. The van der Waals surface area contributed by atoms with Gasteiger partial charge in [0, 0.05) is 19.3 Å². The third-order valence-electron chi connectivity index (χ3n) is 13.6. The maximum Gasteiger partial charge on any atom is 0.306 e. The Morgan fingerprint density at radius 3 is 0.851 bits per heavy atom. The molecule has 6 heteroatoms. The molecule has 1 atom stereocenters. The number of unbranched alkanes of at least 4 members (excludes halogenated alkanes) is 32. The minimum atomic E-state index is -0.778. The van der Waals surface area contributed by atoms with Gasteiger partial charge < -0.3 is 14.2 Å². The second-order valence-electron chi connectivity index (χ2n) is 20.9. The average Bonchev–Trinajstić information content (AvgIpc) is 3.40. The van der Waals surface area contributed by atoms with Gasteiger partial charge in [-0.05, 0) is 96.3 Å². The molecule has 0 bridgehead atoms. The Bertz CT molecular complexity index is 1420. The van der Waals surface area contributed by atoms with Crippen molar-refractivity contribution in [2.24, 2.45) is 0 Å². The van der Waals surface area contributed by atoms with E-state index in [4.69, 9.17) is 14.2 Å². The highest BCUT2D eigenvalue weighted by Gasteiger charge is 2.19. The third-order valence-corrected chi connectivity index (χ3v) is 13.6. The Morgan fingerprint density at radius 2 is 0.527 bits per heavy atom. The van der Waals surface area contributed by atoms with Crippen molar-refractivity contribution in [2.75, 3.05) is 13.2 Å². The second-order valence-corrected chi connectivity index (χ2v) is 20.9. The molecule has 0 aromatic heterocycles. The number of carbonyl (C=O) groups excluding carboxylic acids is 3. The van der Waals surface area contributed by atoms with E-state index in [1.807, 2.05) is 0 Å². The molecule has 0 amide bonds. The molecule has 1 unspecified atom stereocenters. The van der Waals surface area contributed by atoms with Crippen molar-refractivity contribution in [3.05, 3.63) is 85.1 Å². The molecule has 0 aliphatic rings. The lowest BCUT2D eigenvalue weighted by atomic mass is 10.0. The summed E-state index contributed by atoms with van der Waals surface area (Å²) in [5.74, 6) is -0.873. The molecule has 0 aromatic rings. The van der Waals surface area contributed by atoms with E-state index in [1.54, 1.807) is 0 Å². The molecular weight excluding hydrogens is 913 g/mol. The monoisotopic (exact) mass is 1030 g/mol. The van der Waals surface area contributed by atoms with E-state index >= 15 is 0 Å². The van der Waals surface area contributed by atoms with Gasteiger partial charge in [0.2, 0.25) is 0 Å². The van der Waals surface area contributed by atoms with Crippen LogP contribution in [0, 0.1) is 0 Å². The van der Waals surface area contributed by atoms with Crippen molar-refractivity contribution in [2.45, 2.75) is 316 Å². The van der Waals surface area contributed by atoms with E-state index < -0.39 is 6.10 Å². The molecule has 0 N–H and O–H groups in total. The van der Waals surface area contributed by atoms with Crippen LogP contribution in [0.3, 0.4) is 0 Å². The first-order valence-corrected chi connectivity index (χ1v) is 31.6. The van der Waals surface area contributed by atoms with E-state index in [-0.39, 0.29) is 31.1 Å². The van der Waals surface area contributed by atoms with Gasteiger partial charge in [-0.15, -0.1) is 0 Å². The molecule has 426 valence electrons. The number of carbonyl (C=O) groups is 3. The highest BCUT2D eigenvalue weighted by molar-refractivity contribution is 5.71. The first-order chi connectivity index (χ1) is 36.5. The fraction of sp³-hybridized carbons (Fsp3) is 0.750. The summed E-state index contributed by atoms with van der Waals surface area (Å²) in [5.41, 5.74) is 0. The third kappa shape index (κ3) is 59.5. The van der Waals surface area contributed by atoms with Crippen molar-refractivity contribution >= 4 is 17.9 Å². The van der Waals surface area contributed by atoms with Crippen molar-refractivity contribution in [1.29, 1.82) is 0 Å². The zero-order chi connectivity index (χ0) is 53.6. The van der Waals surface area contributed by atoms with Crippen LogP contribution in [0.4, 0.5) is 0 Å². The largest absolute Gasteiger partial charge is 0.462 e. The number of ether oxygens (including phenoxy) is 3. The second kappa shape index (κ2) is 62.1. The zero-order valence-corrected chi connectivity index (χ0v) is 48.8. The van der Waals surface area contributed by atoms with Gasteiger partial charge in [-0.2, -0.15) is 0 Å². The molecule has 0 heterocycles. The van der Waals surface area contributed by atoms with E-state index in [1.165, 1.54) is 173 Å². The lowest BCUT2D eigenvalue weighted by Gasteiger charge is -2.18. The standard InChI is InChI=1S/C68H118O6/c1-4-7-10-13-16-19-22-24-26-28-30-31-32-33-34-35-36-37-39-40-42-44-46-49-52-55-58-61-67(70)73-64-65(63-72-66(69)60-57-54-51-48-21-18-15-12-9-6-3)74-68(71)62-59-56-53-50-47-45-43-41-38-29-27-25-23-20-17-14-11-8-5-2/h7,10,16-17,19-20,24-27,30-31,33-34,65H,4-6,8-9,11-15,18,21-23,28-29,32,35-64H2,1-3H3/b10-7-,19-16-,20-17-,26-24-,27-25-,31-30-,34-33-. The predicted molar refractivity (Wildman–Crippen MR) is 321 cm³/mol. The van der Waals surface area contributed by atoms with Crippen LogP contribution in [0.5, 0.6) is 0 Å². The summed E-state index contributed by atoms with van der Waals surface area (Å²) in [6.45, 7) is 6.51. The average molecular weight is 1030 g/mol. The first-order valence-electron chi connectivity index (χ1n) is 31.6. The fourth-order valence-corrected chi connectivity index (χ4v) is 8.91. The van der Waals surface area contributed by atoms with Gasteiger partial charge in [0.05, 0.1) is 0 Å². The Balaban J connectivity index is 4.24. The van der Waals surface area contributed by atoms with Gasteiger partial charge >= 0.3 is 17.9 Å². The molecular formula is C68H118O6. The fourth-order valence-electron chi connectivity index (χ4n) is 8.91. The molecule has 0 aliphatic carbocycles. The molecule has 0 radical (unpaired) electrons. The van der Waals surface area contributed by atoms with Crippen LogP contribution < -0.4 is 0 Å². The predicted octanol–water partition coefficient (Wildman–Crippen LogP) is 21.5. The lowest BCUT2D eigenvalue weighted by Crippen LogP contribution is -2.30. The van der Waals surface area contributed by atoms with E-state index in [0.717, 1.165) is 96.3 Å². The van der Waals surface area contributed by atoms with Crippen LogP contribution in [0.2, 0.25) is 0 Å². The summed E-state index contributed by atoms with van der Waals surface area (Å²) in [5, 5.41) is 0. The highest BCUT2D eigenvalue weighted by Crippen LogP contribution is 2.16. The summed E-state index contributed by atoms with van der Waals surface area (Å²) in [6.07, 6.45) is 81.6. The molecule has 0 saturated carbocycles. The SMILES string of the molecule is CC/C=C\C/C=C\C/C=C\C/C=C\C/C=C\CCCCCCCCCCCCCC(=O)OCC(COC(=O)CCCCCCCCCCCC)OC(=O)CCCCCCCCCCC/C=C\C/C=C\CCCCC. The van der Waals surface area contributed by atoms with Gasteiger partial charge in [0.1, 0.15) is 13.2 Å². The smallest absolute Gasteiger partial charge is 0.306 e. The molecule has 6 nitrogen and oxygen atoms in total. The maximum absolute atomic E-state index is 12.9. The number of hydrogen-bond donors (Lipinski definition) is 0. The maximum atomic E-state index is 12.9. The molecule has 0 aromatic carbocycles. The molecule has 0 fully saturated rings. The van der Waals surface area contributed by atoms with Gasteiger partial charge in [0.15, 0.2) is 6.10 Å². The van der Waals surface area contributed by atoms with Gasteiger partial charge in [-0.1, -0.05) is 279 Å². The van der Waals surface area contributed by atoms with Crippen molar-refractivity contribution < 1.29 is 28.6 Å². The van der Waals surface area contributed by atoms with Crippen LogP contribution in [-0.4, -0.2) is 37.2 Å². The zero-order valence-electron chi connectivity index (χ0n) is 48.8. The van der Waals surface area contributed by atoms with Crippen LogP contribution in [0.1, 0.15) is 310 Å². The van der Waals surface area contributed by atoms with Crippen molar-refractivity contribution in [1.82, 2.24) is 0 Å². The van der Waals surface area contributed by atoms with E-state index in [2.05, 4.69) is 106 Å². The quantitative estimate of drug-likeness (QED) is 0.0261. The Morgan fingerprint density at radius 1 is 0.284 bits per heavy atom. The molecule has 0 spiro atoms. The van der Waals surface area contributed by atoms with Crippen LogP contribution in [-0.2, 0) is 28.6 Å². The van der Waals surface area contributed by atoms with Gasteiger partial charge in [-0.25, -0.2) is 0 Å². The van der Waals surface area contributed by atoms with Crippen molar-refractivity contribution in [3.8, 4) is 0 Å². The van der Waals surface area contributed by atoms with Crippen molar-refractivity contribution in [3.63, 3.8) is 0 Å². The summed E-state index contributed by atoms with van der Waals surface area (Å²) in [6, 6.07) is 0. The Labute approximate surface area is 458 Å². The van der Waals surface area contributed by atoms with E-state index in [0.29, 0.717) is 19.3 Å². The number of rotatable bonds is 57. The van der Waals surface area contributed by atoms with Crippen LogP contribution in [0.15, 0.2) is 85.1 Å². The summed E-state index contributed by atoms with van der Waals surface area (Å²) in [7, 11) is 0. The Kier molecular flexibility index (Phi) is 59.3. The molecule has 0 saturated heterocycles. The minimum absolute atomic E-state index is 0.0759.